The predicted octanol–water partition coefficient (Wildman–Crippen LogP) is 6.73. The van der Waals surface area contributed by atoms with Crippen molar-refractivity contribution in [1.82, 2.24) is 9.55 Å². The smallest absolute Gasteiger partial charge is 0.161 e. The molecule has 0 N–H and O–H groups in total. The molecule has 34 heavy (non-hydrogen) atoms. The maximum Gasteiger partial charge on any atom is 0.161 e. The lowest BCUT2D eigenvalue weighted by Gasteiger charge is -2.13. The zero-order chi connectivity index (χ0) is 23.3. The van der Waals surface area contributed by atoms with E-state index in [1.165, 1.54) is 5.39 Å². The second kappa shape index (κ2) is 9.87. The third-order valence-corrected chi connectivity index (χ3v) is 6.08. The van der Waals surface area contributed by atoms with Crippen molar-refractivity contribution < 1.29 is 14.2 Å². The van der Waals surface area contributed by atoms with Gasteiger partial charge in [-0.15, -0.1) is 0 Å². The van der Waals surface area contributed by atoms with Gasteiger partial charge in [-0.25, -0.2) is 4.98 Å². The molecule has 0 atom stereocenters. The molecule has 5 nitrogen and oxygen atoms in total. The van der Waals surface area contributed by atoms with E-state index in [0.717, 1.165) is 52.9 Å². The van der Waals surface area contributed by atoms with Gasteiger partial charge in [0, 0.05) is 17.5 Å². The lowest BCUT2D eigenvalue weighted by molar-refractivity contribution is 0.307. The van der Waals surface area contributed by atoms with Gasteiger partial charge in [0.15, 0.2) is 11.5 Å². The number of nitrogens with zero attached hydrogens (tertiary/aromatic N) is 2. The molecule has 0 aliphatic rings. The molecule has 5 heteroatoms. The summed E-state index contributed by atoms with van der Waals surface area (Å²) in [5.74, 6) is 3.27. The van der Waals surface area contributed by atoms with Crippen molar-refractivity contribution in [1.29, 1.82) is 0 Å². The third-order valence-electron chi connectivity index (χ3n) is 6.08. The highest BCUT2D eigenvalue weighted by Crippen LogP contribution is 2.33. The molecule has 172 valence electrons. The fraction of sp³-hybridized carbons (Fsp3) is 0.207. The molecule has 1 heterocycles. The van der Waals surface area contributed by atoms with Crippen LogP contribution >= 0.6 is 0 Å². The molecule has 4 aromatic carbocycles. The minimum atomic E-state index is 0.673. The molecule has 0 aliphatic heterocycles. The summed E-state index contributed by atoms with van der Waals surface area (Å²) >= 11 is 0. The molecule has 0 saturated carbocycles. The fourth-order valence-corrected chi connectivity index (χ4v) is 4.37. The van der Waals surface area contributed by atoms with Crippen LogP contribution in [0, 0.1) is 0 Å². The zero-order valence-corrected chi connectivity index (χ0v) is 19.5. The highest BCUT2D eigenvalue weighted by Gasteiger charge is 2.15. The van der Waals surface area contributed by atoms with Gasteiger partial charge in [0.1, 0.15) is 11.6 Å². The average molecular weight is 453 g/mol. The first kappa shape index (κ1) is 21.8. The van der Waals surface area contributed by atoms with Gasteiger partial charge in [-0.2, -0.15) is 0 Å². The van der Waals surface area contributed by atoms with Crippen LogP contribution in [0.5, 0.6) is 17.2 Å². The van der Waals surface area contributed by atoms with Crippen LogP contribution in [0.25, 0.3) is 33.2 Å². The van der Waals surface area contributed by atoms with Gasteiger partial charge in [0.05, 0.1) is 31.9 Å². The summed E-state index contributed by atoms with van der Waals surface area (Å²) in [5.41, 5.74) is 3.11. The lowest BCUT2D eigenvalue weighted by atomic mass is 10.1. The summed E-state index contributed by atoms with van der Waals surface area (Å²) in [7, 11) is 3.30. The number of para-hydroxylation sites is 2. The number of unbranched alkanes of at least 4 members (excludes halogenated alkanes) is 1. The van der Waals surface area contributed by atoms with Crippen molar-refractivity contribution >= 4 is 21.8 Å². The number of rotatable bonds is 9. The summed E-state index contributed by atoms with van der Waals surface area (Å²) in [6.07, 6.45) is 1.92. The zero-order valence-electron chi connectivity index (χ0n) is 19.5. The van der Waals surface area contributed by atoms with Gasteiger partial charge in [0.2, 0.25) is 0 Å². The monoisotopic (exact) mass is 452 g/mol. The molecule has 0 amide bonds. The normalized spacial score (nSPS) is 11.1. The highest BCUT2D eigenvalue weighted by atomic mass is 16.5. The van der Waals surface area contributed by atoms with Crippen molar-refractivity contribution in [2.75, 3.05) is 20.8 Å². The largest absolute Gasteiger partial charge is 0.493 e. The van der Waals surface area contributed by atoms with Crippen molar-refractivity contribution in [3.8, 4) is 28.6 Å². The van der Waals surface area contributed by atoms with Crippen LogP contribution in [0.2, 0.25) is 0 Å². The first-order valence-corrected chi connectivity index (χ1v) is 11.6. The number of aromatic nitrogens is 2. The molecule has 0 saturated heterocycles. The van der Waals surface area contributed by atoms with Gasteiger partial charge in [-0.3, -0.25) is 0 Å². The van der Waals surface area contributed by atoms with Crippen molar-refractivity contribution in [3.05, 3.63) is 84.9 Å². The van der Waals surface area contributed by atoms with E-state index in [2.05, 4.69) is 53.1 Å². The highest BCUT2D eigenvalue weighted by molar-refractivity contribution is 5.88. The lowest BCUT2D eigenvalue weighted by Crippen LogP contribution is -2.04. The Morgan fingerprint density at radius 3 is 2.41 bits per heavy atom. The second-order valence-corrected chi connectivity index (χ2v) is 8.18. The fourth-order valence-electron chi connectivity index (χ4n) is 4.37. The number of hydrogen-bond donors (Lipinski definition) is 0. The van der Waals surface area contributed by atoms with E-state index in [0.29, 0.717) is 18.1 Å². The van der Waals surface area contributed by atoms with E-state index in [4.69, 9.17) is 19.2 Å². The molecule has 0 spiro atoms. The molecule has 0 radical (unpaired) electrons. The van der Waals surface area contributed by atoms with Crippen LogP contribution in [0.3, 0.4) is 0 Å². The maximum absolute atomic E-state index is 6.14. The number of hydrogen-bond acceptors (Lipinski definition) is 4. The van der Waals surface area contributed by atoms with Gasteiger partial charge < -0.3 is 18.8 Å². The summed E-state index contributed by atoms with van der Waals surface area (Å²) in [6.45, 7) is 1.52. The Balaban J connectivity index is 1.33. The van der Waals surface area contributed by atoms with Crippen molar-refractivity contribution in [2.24, 2.45) is 0 Å². The minimum Gasteiger partial charge on any atom is -0.493 e. The van der Waals surface area contributed by atoms with Gasteiger partial charge in [-0.05, 0) is 54.6 Å². The molecular weight excluding hydrogens is 424 g/mol. The van der Waals surface area contributed by atoms with E-state index < -0.39 is 0 Å². The molecule has 0 fully saturated rings. The number of fused-ring (bicyclic) bond motifs is 2. The first-order chi connectivity index (χ1) is 16.8. The summed E-state index contributed by atoms with van der Waals surface area (Å²) < 4.78 is 19.4. The van der Waals surface area contributed by atoms with Crippen molar-refractivity contribution in [2.45, 2.75) is 19.4 Å². The van der Waals surface area contributed by atoms with E-state index in [9.17, 15) is 0 Å². The molecular formula is C29H28N2O3. The topological polar surface area (TPSA) is 45.5 Å². The quantitative estimate of drug-likeness (QED) is 0.233. The number of ether oxygens (including phenoxy) is 3. The van der Waals surface area contributed by atoms with E-state index in [1.54, 1.807) is 14.2 Å². The Kier molecular flexibility index (Phi) is 6.34. The second-order valence-electron chi connectivity index (χ2n) is 8.18. The Bertz CT molecular complexity index is 1420. The first-order valence-electron chi connectivity index (χ1n) is 11.6. The average Bonchev–Trinajstić information content (AvgIpc) is 3.26. The minimum absolute atomic E-state index is 0.673. The van der Waals surface area contributed by atoms with Gasteiger partial charge in [-0.1, -0.05) is 48.5 Å². The van der Waals surface area contributed by atoms with Crippen LogP contribution in [0.15, 0.2) is 84.9 Å². The summed E-state index contributed by atoms with van der Waals surface area (Å²) in [6, 6.07) is 28.7. The van der Waals surface area contributed by atoms with Crippen LogP contribution in [-0.4, -0.2) is 30.4 Å². The molecule has 0 aliphatic carbocycles. The maximum atomic E-state index is 6.14. The summed E-state index contributed by atoms with van der Waals surface area (Å²) in [5, 5.41) is 2.35. The van der Waals surface area contributed by atoms with E-state index >= 15 is 0 Å². The van der Waals surface area contributed by atoms with Gasteiger partial charge >= 0.3 is 0 Å². The van der Waals surface area contributed by atoms with E-state index in [1.807, 2.05) is 36.4 Å². The predicted molar refractivity (Wildman–Crippen MR) is 137 cm³/mol. The number of methoxy groups -OCH3 is 2. The Morgan fingerprint density at radius 2 is 1.53 bits per heavy atom. The third kappa shape index (κ3) is 4.29. The van der Waals surface area contributed by atoms with Crippen LogP contribution in [-0.2, 0) is 6.54 Å². The number of benzene rings is 4. The Labute approximate surface area is 199 Å². The standard InChI is InChI=1S/C29H28N2O3/c1-32-27-17-16-22(20-28(27)33-2)29-30-24-13-5-6-14-25(24)31(29)18-7-8-19-34-26-15-9-11-21-10-3-4-12-23(21)26/h3-6,9-17,20H,7-8,18-19H2,1-2H3. The molecule has 0 bridgehead atoms. The summed E-state index contributed by atoms with van der Waals surface area (Å²) in [4.78, 5) is 4.93. The number of aryl methyl sites for hydroxylation is 1. The Hall–Kier alpha value is -3.99. The molecule has 5 rings (SSSR count). The number of imidazole rings is 1. The Morgan fingerprint density at radius 1 is 0.735 bits per heavy atom. The molecule has 1 aromatic heterocycles. The SMILES string of the molecule is COc1ccc(-c2nc3ccccc3n2CCCCOc2cccc3ccccc23)cc1OC. The van der Waals surface area contributed by atoms with Crippen LogP contribution in [0.1, 0.15) is 12.8 Å². The van der Waals surface area contributed by atoms with E-state index in [-0.39, 0.29) is 0 Å². The van der Waals surface area contributed by atoms with Crippen LogP contribution < -0.4 is 14.2 Å². The molecule has 0 unspecified atom stereocenters. The van der Waals surface area contributed by atoms with Crippen molar-refractivity contribution in [3.63, 3.8) is 0 Å². The molecule has 5 aromatic rings. The van der Waals surface area contributed by atoms with Crippen LogP contribution in [0.4, 0.5) is 0 Å². The van der Waals surface area contributed by atoms with Gasteiger partial charge in [0.25, 0.3) is 0 Å².